The van der Waals surface area contributed by atoms with Crippen molar-refractivity contribution in [1.82, 2.24) is 20.3 Å². The highest BCUT2D eigenvalue weighted by Gasteiger charge is 2.14. The van der Waals surface area contributed by atoms with Crippen molar-refractivity contribution in [3.63, 3.8) is 0 Å². The van der Waals surface area contributed by atoms with E-state index in [9.17, 15) is 9.59 Å². The van der Waals surface area contributed by atoms with Crippen LogP contribution >= 0.6 is 24.8 Å². The lowest BCUT2D eigenvalue weighted by molar-refractivity contribution is -0.121. The molecular weight excluding hydrogens is 401 g/mol. The second kappa shape index (κ2) is 13.3. The van der Waals surface area contributed by atoms with Gasteiger partial charge < -0.3 is 16.0 Å². The number of nitrogens with zero attached hydrogens (tertiary/aromatic N) is 2. The molecule has 0 aliphatic carbocycles. The zero-order chi connectivity index (χ0) is 18.9. The van der Waals surface area contributed by atoms with Gasteiger partial charge in [0.1, 0.15) is 5.82 Å². The van der Waals surface area contributed by atoms with Crippen molar-refractivity contribution < 1.29 is 4.79 Å². The monoisotopic (exact) mass is 429 g/mol. The number of hydrogen-bond donors (Lipinski definition) is 3. The first kappa shape index (κ1) is 26.0. The Labute approximate surface area is 177 Å². The lowest BCUT2D eigenvalue weighted by Crippen LogP contribution is -2.40. The number of nitrogens with one attached hydrogen (secondary N) is 2. The molecule has 0 saturated carbocycles. The van der Waals surface area contributed by atoms with Gasteiger partial charge in [0, 0.05) is 48.2 Å². The summed E-state index contributed by atoms with van der Waals surface area (Å²) in [5.74, 6) is 0.392. The lowest BCUT2D eigenvalue weighted by Gasteiger charge is -2.16. The van der Waals surface area contributed by atoms with Crippen LogP contribution in [0.5, 0.6) is 0 Å². The van der Waals surface area contributed by atoms with E-state index in [1.807, 2.05) is 6.07 Å². The second-order valence-electron chi connectivity index (χ2n) is 6.36. The molecule has 7 nitrogen and oxygen atoms in total. The van der Waals surface area contributed by atoms with Crippen LogP contribution in [0.15, 0.2) is 29.3 Å². The van der Waals surface area contributed by atoms with E-state index in [0.29, 0.717) is 30.0 Å². The maximum Gasteiger partial charge on any atom is 0.254 e. The van der Waals surface area contributed by atoms with Gasteiger partial charge in [0.25, 0.3) is 5.56 Å². The molecule has 0 aliphatic rings. The third kappa shape index (κ3) is 7.58. The first-order valence-corrected chi connectivity index (χ1v) is 9.04. The number of rotatable bonds is 9. The van der Waals surface area contributed by atoms with Crippen molar-refractivity contribution in [3.8, 4) is 11.4 Å². The van der Waals surface area contributed by atoms with Crippen molar-refractivity contribution in [3.05, 3.63) is 46.1 Å². The number of carbonyl (C=O) groups excluding carboxylic acids is 1. The van der Waals surface area contributed by atoms with E-state index < -0.39 is 0 Å². The van der Waals surface area contributed by atoms with Crippen LogP contribution in [-0.2, 0) is 11.2 Å². The summed E-state index contributed by atoms with van der Waals surface area (Å²) in [6.45, 7) is 4.31. The van der Waals surface area contributed by atoms with E-state index >= 15 is 0 Å². The largest absolute Gasteiger partial charge is 0.352 e. The number of halogens is 2. The predicted octanol–water partition coefficient (Wildman–Crippen LogP) is 2.55. The number of aromatic nitrogens is 3. The summed E-state index contributed by atoms with van der Waals surface area (Å²) in [5, 5.41) is 2.94. The number of hydrogen-bond acceptors (Lipinski definition) is 5. The van der Waals surface area contributed by atoms with Crippen LogP contribution in [0.1, 0.15) is 43.9 Å². The fourth-order valence-corrected chi connectivity index (χ4v) is 2.78. The fraction of sp³-hybridized carbons (Fsp3) is 0.474. The highest BCUT2D eigenvalue weighted by Crippen LogP contribution is 2.13. The van der Waals surface area contributed by atoms with Gasteiger partial charge in [-0.05, 0) is 31.9 Å². The molecule has 156 valence electrons. The minimum absolute atomic E-state index is 0. The first-order chi connectivity index (χ1) is 12.5. The number of H-pyrrole nitrogens is 1. The van der Waals surface area contributed by atoms with E-state index in [1.54, 1.807) is 25.4 Å². The third-order valence-electron chi connectivity index (χ3n) is 4.32. The average Bonchev–Trinajstić information content (AvgIpc) is 2.65. The van der Waals surface area contributed by atoms with Crippen LogP contribution in [0.3, 0.4) is 0 Å². The van der Waals surface area contributed by atoms with Crippen molar-refractivity contribution in [1.29, 1.82) is 0 Å². The quantitative estimate of drug-likeness (QED) is 0.566. The lowest BCUT2D eigenvalue weighted by atomic mass is 10.1. The summed E-state index contributed by atoms with van der Waals surface area (Å²) in [5.41, 5.74) is 7.40. The van der Waals surface area contributed by atoms with Gasteiger partial charge in [-0.3, -0.25) is 14.6 Å². The Morgan fingerprint density at radius 2 is 2.11 bits per heavy atom. The van der Waals surface area contributed by atoms with Gasteiger partial charge in [-0.15, -0.1) is 24.8 Å². The van der Waals surface area contributed by atoms with Crippen LogP contribution in [0.4, 0.5) is 0 Å². The molecule has 0 fully saturated rings. The number of nitrogens with two attached hydrogens (primary N) is 1. The molecule has 0 aliphatic heterocycles. The van der Waals surface area contributed by atoms with Crippen molar-refractivity contribution in [2.45, 2.75) is 52.0 Å². The van der Waals surface area contributed by atoms with Gasteiger partial charge in [0.2, 0.25) is 5.91 Å². The van der Waals surface area contributed by atoms with Crippen LogP contribution in [0, 0.1) is 6.92 Å². The van der Waals surface area contributed by atoms with E-state index in [2.05, 4.69) is 27.2 Å². The van der Waals surface area contributed by atoms with Gasteiger partial charge in [0.15, 0.2) is 0 Å². The Balaban J connectivity index is 0.00000364. The second-order valence-corrected chi connectivity index (χ2v) is 6.36. The molecule has 28 heavy (non-hydrogen) atoms. The molecule has 1 atom stereocenters. The molecule has 1 unspecified atom stereocenters. The van der Waals surface area contributed by atoms with Gasteiger partial charge in [-0.25, -0.2) is 4.98 Å². The summed E-state index contributed by atoms with van der Waals surface area (Å²) in [4.78, 5) is 35.8. The maximum atomic E-state index is 12.4. The Morgan fingerprint density at radius 1 is 1.36 bits per heavy atom. The molecule has 0 aromatic carbocycles. The number of amides is 1. The topological polar surface area (TPSA) is 114 Å². The summed E-state index contributed by atoms with van der Waals surface area (Å²) in [6, 6.07) is 3.61. The molecule has 4 N–H and O–H groups in total. The van der Waals surface area contributed by atoms with E-state index in [0.717, 1.165) is 24.8 Å². The van der Waals surface area contributed by atoms with Crippen LogP contribution in [0.25, 0.3) is 11.4 Å². The minimum atomic E-state index is -0.217. The van der Waals surface area contributed by atoms with Crippen LogP contribution in [-0.4, -0.2) is 33.4 Å². The number of unbranched alkanes of at least 4 members (excludes halogenated alkanes) is 1. The number of aryl methyl sites for hydroxylation is 1. The highest BCUT2D eigenvalue weighted by molar-refractivity contribution is 5.85. The molecule has 2 aromatic heterocycles. The Kier molecular flexibility index (Phi) is 12.3. The SMILES string of the molecule is CCCCC(CN)NC(=O)CCc1c(C)nc(-c2cccnc2)[nH]c1=O.Cl.Cl. The van der Waals surface area contributed by atoms with Crippen LogP contribution in [0.2, 0.25) is 0 Å². The Morgan fingerprint density at radius 3 is 2.68 bits per heavy atom. The highest BCUT2D eigenvalue weighted by atomic mass is 35.5. The number of aromatic amines is 1. The van der Waals surface area contributed by atoms with Crippen molar-refractivity contribution in [2.24, 2.45) is 5.73 Å². The summed E-state index contributed by atoms with van der Waals surface area (Å²) < 4.78 is 0. The van der Waals surface area contributed by atoms with Crippen molar-refractivity contribution in [2.75, 3.05) is 6.54 Å². The van der Waals surface area contributed by atoms with E-state index in [1.165, 1.54) is 0 Å². The number of carbonyl (C=O) groups is 1. The standard InChI is InChI=1S/C19H27N5O2.2ClH/c1-3-4-7-15(11-20)23-17(25)9-8-16-13(2)22-18(24-19(16)26)14-6-5-10-21-12-14;;/h5-6,10,12,15H,3-4,7-9,11,20H2,1-2H3,(H,23,25)(H,22,24,26);2*1H. The molecule has 0 radical (unpaired) electrons. The van der Waals surface area contributed by atoms with Gasteiger partial charge in [-0.1, -0.05) is 19.8 Å². The summed E-state index contributed by atoms with van der Waals surface area (Å²) >= 11 is 0. The van der Waals surface area contributed by atoms with Crippen LogP contribution < -0.4 is 16.6 Å². The molecule has 1 amide bonds. The van der Waals surface area contributed by atoms with Gasteiger partial charge in [0.05, 0.1) is 0 Å². The average molecular weight is 430 g/mol. The fourth-order valence-electron chi connectivity index (χ4n) is 2.78. The van der Waals surface area contributed by atoms with Gasteiger partial charge in [-0.2, -0.15) is 0 Å². The molecule has 2 aromatic rings. The van der Waals surface area contributed by atoms with E-state index in [-0.39, 0.29) is 48.7 Å². The molecule has 0 spiro atoms. The Bertz CT molecular complexity index is 784. The first-order valence-electron chi connectivity index (χ1n) is 9.04. The maximum absolute atomic E-state index is 12.4. The molecule has 2 heterocycles. The van der Waals surface area contributed by atoms with Crippen molar-refractivity contribution >= 4 is 30.7 Å². The smallest absolute Gasteiger partial charge is 0.254 e. The Hall–Kier alpha value is -1.96. The minimum Gasteiger partial charge on any atom is -0.352 e. The molecule has 9 heteroatoms. The van der Waals surface area contributed by atoms with E-state index in [4.69, 9.17) is 5.73 Å². The normalized spacial score (nSPS) is 11.1. The molecule has 0 bridgehead atoms. The zero-order valence-electron chi connectivity index (χ0n) is 16.2. The summed E-state index contributed by atoms with van der Waals surface area (Å²) in [6.07, 6.45) is 6.86. The zero-order valence-corrected chi connectivity index (χ0v) is 17.9. The third-order valence-corrected chi connectivity index (χ3v) is 4.32. The van der Waals surface area contributed by atoms with Gasteiger partial charge >= 0.3 is 0 Å². The molecule has 2 rings (SSSR count). The predicted molar refractivity (Wildman–Crippen MR) is 116 cm³/mol. The summed E-state index contributed by atoms with van der Waals surface area (Å²) in [7, 11) is 0. The number of pyridine rings is 1. The molecule has 0 saturated heterocycles. The molecular formula is C19H29Cl2N5O2.